The smallest absolute Gasteiger partial charge is 0.163 e. The fraction of sp³-hybridized carbons (Fsp3) is 0.214. The number of hydrogen-bond donors (Lipinski definition) is 1. The molecule has 0 aromatic heterocycles. The van der Waals surface area contributed by atoms with E-state index >= 15 is 0 Å². The third-order valence-corrected chi connectivity index (χ3v) is 2.65. The largest absolute Gasteiger partial charge is 0.396 e. The van der Waals surface area contributed by atoms with Gasteiger partial charge in [-0.25, -0.2) is 0 Å². The molecule has 0 bridgehead atoms. The lowest BCUT2D eigenvalue weighted by Crippen LogP contribution is -2.01. The lowest BCUT2D eigenvalue weighted by atomic mass is 9.99. The molecule has 82 valence electrons. The van der Waals surface area contributed by atoms with Crippen LogP contribution in [0.4, 0.5) is 0 Å². The summed E-state index contributed by atoms with van der Waals surface area (Å²) >= 11 is 0. The standard InChI is InChI=1S/C14H14O2/c15-10-4-9-14(16)13-8-3-6-11-5-1-2-7-12(11)13/h1-3,5-8,15H,4,9-10H2. The van der Waals surface area contributed by atoms with Gasteiger partial charge in [0.2, 0.25) is 0 Å². The first-order chi connectivity index (χ1) is 7.83. The molecule has 0 aliphatic rings. The highest BCUT2D eigenvalue weighted by Crippen LogP contribution is 2.20. The second-order valence-electron chi connectivity index (χ2n) is 3.78. The van der Waals surface area contributed by atoms with E-state index in [2.05, 4.69) is 0 Å². The first kappa shape index (κ1) is 10.8. The molecule has 0 saturated carbocycles. The Hall–Kier alpha value is -1.67. The summed E-state index contributed by atoms with van der Waals surface area (Å²) in [5.41, 5.74) is 0.756. The molecular formula is C14H14O2. The summed E-state index contributed by atoms with van der Waals surface area (Å²) in [6.07, 6.45) is 0.937. The molecule has 0 aliphatic carbocycles. The predicted molar refractivity (Wildman–Crippen MR) is 64.6 cm³/mol. The molecule has 2 rings (SSSR count). The highest BCUT2D eigenvalue weighted by molar-refractivity contribution is 6.08. The van der Waals surface area contributed by atoms with Gasteiger partial charge in [0.25, 0.3) is 0 Å². The van der Waals surface area contributed by atoms with E-state index in [1.54, 1.807) is 0 Å². The van der Waals surface area contributed by atoms with E-state index in [1.165, 1.54) is 0 Å². The van der Waals surface area contributed by atoms with Gasteiger partial charge >= 0.3 is 0 Å². The molecular weight excluding hydrogens is 200 g/mol. The maximum Gasteiger partial charge on any atom is 0.163 e. The van der Waals surface area contributed by atoms with E-state index in [4.69, 9.17) is 5.11 Å². The maximum absolute atomic E-state index is 11.9. The van der Waals surface area contributed by atoms with E-state index in [9.17, 15) is 4.79 Å². The summed E-state index contributed by atoms with van der Waals surface area (Å²) in [4.78, 5) is 11.9. The van der Waals surface area contributed by atoms with Gasteiger partial charge in [-0.3, -0.25) is 4.79 Å². The molecule has 2 aromatic carbocycles. The van der Waals surface area contributed by atoms with Gasteiger partial charge in [-0.15, -0.1) is 0 Å². The summed E-state index contributed by atoms with van der Waals surface area (Å²) in [6, 6.07) is 13.6. The van der Waals surface area contributed by atoms with Crippen LogP contribution in [-0.4, -0.2) is 17.5 Å². The highest BCUT2D eigenvalue weighted by Gasteiger charge is 2.08. The van der Waals surface area contributed by atoms with Gasteiger partial charge < -0.3 is 5.11 Å². The minimum atomic E-state index is 0.0660. The molecule has 0 unspecified atom stereocenters. The number of carbonyl (C=O) groups excluding carboxylic acids is 1. The van der Waals surface area contributed by atoms with Gasteiger partial charge in [0, 0.05) is 18.6 Å². The van der Waals surface area contributed by atoms with Crippen LogP contribution in [-0.2, 0) is 0 Å². The molecule has 2 nitrogen and oxygen atoms in total. The number of ketones is 1. The van der Waals surface area contributed by atoms with Crippen LogP contribution in [0.3, 0.4) is 0 Å². The van der Waals surface area contributed by atoms with Crippen LogP contribution in [0.25, 0.3) is 10.8 Å². The number of rotatable bonds is 4. The molecule has 0 radical (unpaired) electrons. The van der Waals surface area contributed by atoms with E-state index in [-0.39, 0.29) is 12.4 Å². The quantitative estimate of drug-likeness (QED) is 0.794. The molecule has 16 heavy (non-hydrogen) atoms. The Labute approximate surface area is 94.5 Å². The zero-order chi connectivity index (χ0) is 11.4. The van der Waals surface area contributed by atoms with Crippen molar-refractivity contribution >= 4 is 16.6 Å². The number of carbonyl (C=O) groups is 1. The summed E-state index contributed by atoms with van der Waals surface area (Å²) in [7, 11) is 0. The van der Waals surface area contributed by atoms with Gasteiger partial charge in [-0.1, -0.05) is 42.5 Å². The van der Waals surface area contributed by atoms with Crippen LogP contribution in [0.5, 0.6) is 0 Å². The molecule has 0 amide bonds. The van der Waals surface area contributed by atoms with Crippen molar-refractivity contribution in [3.63, 3.8) is 0 Å². The molecule has 0 aliphatic heterocycles. The molecule has 2 aromatic rings. The summed E-state index contributed by atoms with van der Waals surface area (Å²) in [5.74, 6) is 0.103. The fourth-order valence-corrected chi connectivity index (χ4v) is 1.84. The SMILES string of the molecule is O=C(CCCO)c1cccc2ccccc12. The number of aliphatic hydroxyl groups excluding tert-OH is 1. The van der Waals surface area contributed by atoms with Gasteiger partial charge in [-0.05, 0) is 17.2 Å². The Kier molecular flexibility index (Phi) is 3.32. The molecule has 2 heteroatoms. The summed E-state index contributed by atoms with van der Waals surface area (Å²) in [6.45, 7) is 0.0660. The zero-order valence-electron chi connectivity index (χ0n) is 9.02. The minimum absolute atomic E-state index is 0.0660. The van der Waals surface area contributed by atoms with E-state index in [0.717, 1.165) is 16.3 Å². The Morgan fingerprint density at radius 2 is 1.81 bits per heavy atom. The summed E-state index contributed by atoms with van der Waals surface area (Å²) < 4.78 is 0. The Morgan fingerprint density at radius 1 is 1.06 bits per heavy atom. The van der Waals surface area contributed by atoms with Crippen molar-refractivity contribution in [2.24, 2.45) is 0 Å². The maximum atomic E-state index is 11.9. The number of aliphatic hydroxyl groups is 1. The van der Waals surface area contributed by atoms with Crippen molar-refractivity contribution in [1.29, 1.82) is 0 Å². The van der Waals surface area contributed by atoms with Crippen LogP contribution >= 0.6 is 0 Å². The van der Waals surface area contributed by atoms with E-state index in [0.29, 0.717) is 12.8 Å². The van der Waals surface area contributed by atoms with Gasteiger partial charge in [0.1, 0.15) is 0 Å². The van der Waals surface area contributed by atoms with Crippen molar-refractivity contribution in [2.75, 3.05) is 6.61 Å². The van der Waals surface area contributed by atoms with Crippen molar-refractivity contribution in [3.05, 3.63) is 48.0 Å². The summed E-state index contributed by atoms with van der Waals surface area (Å²) in [5, 5.41) is 10.8. The number of benzene rings is 2. The highest BCUT2D eigenvalue weighted by atomic mass is 16.3. The molecule has 0 fully saturated rings. The van der Waals surface area contributed by atoms with Crippen molar-refractivity contribution in [3.8, 4) is 0 Å². The first-order valence-corrected chi connectivity index (χ1v) is 5.45. The third kappa shape index (κ3) is 2.12. The fourth-order valence-electron chi connectivity index (χ4n) is 1.84. The second kappa shape index (κ2) is 4.90. The molecule has 1 N–H and O–H groups in total. The van der Waals surface area contributed by atoms with Crippen LogP contribution in [0.2, 0.25) is 0 Å². The van der Waals surface area contributed by atoms with Gasteiger partial charge in [0.15, 0.2) is 5.78 Å². The van der Waals surface area contributed by atoms with Crippen LogP contribution < -0.4 is 0 Å². The van der Waals surface area contributed by atoms with Gasteiger partial charge in [-0.2, -0.15) is 0 Å². The van der Waals surface area contributed by atoms with Crippen molar-refractivity contribution in [1.82, 2.24) is 0 Å². The number of Topliss-reactive ketones (excluding diaryl/α,β-unsaturated/α-hetero) is 1. The number of hydrogen-bond acceptors (Lipinski definition) is 2. The van der Waals surface area contributed by atoms with E-state index in [1.807, 2.05) is 42.5 Å². The Bertz CT molecular complexity index is 498. The van der Waals surface area contributed by atoms with Gasteiger partial charge in [0.05, 0.1) is 0 Å². The second-order valence-corrected chi connectivity index (χ2v) is 3.78. The Balaban J connectivity index is 2.40. The number of fused-ring (bicyclic) bond motifs is 1. The average molecular weight is 214 g/mol. The predicted octanol–water partition coefficient (Wildman–Crippen LogP) is 2.80. The lowest BCUT2D eigenvalue weighted by molar-refractivity contribution is 0.0973. The van der Waals surface area contributed by atoms with Crippen molar-refractivity contribution in [2.45, 2.75) is 12.8 Å². The minimum Gasteiger partial charge on any atom is -0.396 e. The van der Waals surface area contributed by atoms with Crippen LogP contribution in [0.15, 0.2) is 42.5 Å². The third-order valence-electron chi connectivity index (χ3n) is 2.65. The average Bonchev–Trinajstić information content (AvgIpc) is 2.35. The zero-order valence-corrected chi connectivity index (χ0v) is 9.02. The topological polar surface area (TPSA) is 37.3 Å². The van der Waals surface area contributed by atoms with E-state index < -0.39 is 0 Å². The van der Waals surface area contributed by atoms with Crippen LogP contribution in [0.1, 0.15) is 23.2 Å². The molecule has 0 atom stereocenters. The normalized spacial score (nSPS) is 10.6. The van der Waals surface area contributed by atoms with Crippen LogP contribution in [0, 0.1) is 0 Å². The molecule has 0 saturated heterocycles. The first-order valence-electron chi connectivity index (χ1n) is 5.45. The van der Waals surface area contributed by atoms with Crippen molar-refractivity contribution < 1.29 is 9.90 Å². The molecule has 0 spiro atoms. The monoisotopic (exact) mass is 214 g/mol. The lowest BCUT2D eigenvalue weighted by Gasteiger charge is -2.04. The molecule has 0 heterocycles. The Morgan fingerprint density at radius 3 is 2.62 bits per heavy atom.